The standard InChI is InChI=1S/C45H29N3/c1-3-13-30(14-4-1)43-46-44(31-15-5-2-6-16-31)48-45(47-43)36-20-12-19-34(28-36)32-17-11-18-33(27-32)35-25-26-41-39-23-8-7-21-37(39)38-22-9-10-24-40(38)42(41)29-35/h1,3-5,7-29,45H,(H,46,47,48). The van der Waals surface area contributed by atoms with E-state index in [2.05, 4.69) is 145 Å². The van der Waals surface area contributed by atoms with Gasteiger partial charge in [0.1, 0.15) is 11.7 Å². The van der Waals surface area contributed by atoms with Crippen molar-refractivity contribution in [3.63, 3.8) is 0 Å². The summed E-state index contributed by atoms with van der Waals surface area (Å²) in [7, 11) is 0. The maximum atomic E-state index is 5.07. The summed E-state index contributed by atoms with van der Waals surface area (Å²) in [4.78, 5) is 10.1. The van der Waals surface area contributed by atoms with Gasteiger partial charge in [0.05, 0.1) is 0 Å². The number of fused-ring (bicyclic) bond motifs is 6. The lowest BCUT2D eigenvalue weighted by Crippen LogP contribution is -2.35. The summed E-state index contributed by atoms with van der Waals surface area (Å²) in [5.41, 5.74) is 7.64. The largest absolute Gasteiger partial charge is 0.324 e. The molecule has 3 heteroatoms. The Morgan fingerprint density at radius 2 is 0.938 bits per heavy atom. The minimum atomic E-state index is -0.396. The van der Waals surface area contributed by atoms with Crippen LogP contribution >= 0.6 is 0 Å². The molecule has 8 aromatic carbocycles. The lowest BCUT2D eigenvalue weighted by molar-refractivity contribution is 0.756. The van der Waals surface area contributed by atoms with Crippen LogP contribution in [0.1, 0.15) is 22.9 Å². The highest BCUT2D eigenvalue weighted by Gasteiger charge is 2.21. The van der Waals surface area contributed by atoms with Crippen LogP contribution in [0, 0.1) is 12.1 Å². The van der Waals surface area contributed by atoms with Crippen molar-refractivity contribution in [2.75, 3.05) is 0 Å². The Bertz CT molecular complexity index is 2440. The molecule has 9 rings (SSSR count). The molecule has 0 fully saturated rings. The zero-order chi connectivity index (χ0) is 31.9. The fourth-order valence-electron chi connectivity index (χ4n) is 6.83. The normalized spacial score (nSPS) is 13.2. The van der Waals surface area contributed by atoms with Crippen molar-refractivity contribution in [3.05, 3.63) is 193 Å². The number of nitrogens with one attached hydrogen (secondary N) is 1. The second-order valence-electron chi connectivity index (χ2n) is 12.1. The molecule has 1 aliphatic heterocycles. The minimum absolute atomic E-state index is 0.396. The Labute approximate surface area is 279 Å². The van der Waals surface area contributed by atoms with E-state index in [1.165, 1.54) is 43.4 Å². The van der Waals surface area contributed by atoms with E-state index < -0.39 is 6.17 Å². The Hall–Kier alpha value is -6.50. The van der Waals surface area contributed by atoms with E-state index in [0.717, 1.165) is 39.5 Å². The first kappa shape index (κ1) is 27.8. The monoisotopic (exact) mass is 611 g/mol. The summed E-state index contributed by atoms with van der Waals surface area (Å²) >= 11 is 0. The van der Waals surface area contributed by atoms with Gasteiger partial charge in [0.15, 0.2) is 6.17 Å². The van der Waals surface area contributed by atoms with E-state index in [9.17, 15) is 0 Å². The Morgan fingerprint density at radius 3 is 1.60 bits per heavy atom. The first-order valence-electron chi connectivity index (χ1n) is 16.2. The number of amidine groups is 2. The Morgan fingerprint density at radius 1 is 0.396 bits per heavy atom. The zero-order valence-electron chi connectivity index (χ0n) is 26.1. The van der Waals surface area contributed by atoms with Crippen LogP contribution in [-0.2, 0) is 0 Å². The maximum absolute atomic E-state index is 5.07. The molecule has 1 aliphatic rings. The molecular formula is C45H29N3. The van der Waals surface area contributed by atoms with Crippen molar-refractivity contribution >= 4 is 44.0 Å². The van der Waals surface area contributed by atoms with E-state index in [1.807, 2.05) is 36.4 Å². The van der Waals surface area contributed by atoms with Crippen molar-refractivity contribution in [1.82, 2.24) is 5.32 Å². The fourth-order valence-corrected chi connectivity index (χ4v) is 6.83. The molecule has 0 saturated heterocycles. The molecule has 3 nitrogen and oxygen atoms in total. The van der Waals surface area contributed by atoms with Gasteiger partial charge in [-0.1, -0.05) is 140 Å². The Balaban J connectivity index is 1.11. The van der Waals surface area contributed by atoms with Gasteiger partial charge in [-0.3, -0.25) is 0 Å². The smallest absolute Gasteiger partial charge is 0.169 e. The van der Waals surface area contributed by atoms with Crippen LogP contribution in [0.15, 0.2) is 174 Å². The molecule has 0 aromatic heterocycles. The number of benzene rings is 7. The van der Waals surface area contributed by atoms with E-state index in [-0.39, 0.29) is 0 Å². The Kier molecular flexibility index (Phi) is 6.77. The molecule has 48 heavy (non-hydrogen) atoms. The molecule has 0 bridgehead atoms. The van der Waals surface area contributed by atoms with Crippen LogP contribution in [-0.4, -0.2) is 11.7 Å². The average molecular weight is 612 g/mol. The maximum Gasteiger partial charge on any atom is 0.169 e. The van der Waals surface area contributed by atoms with Crippen LogP contribution in [0.4, 0.5) is 0 Å². The van der Waals surface area contributed by atoms with Crippen molar-refractivity contribution < 1.29 is 0 Å². The summed E-state index contributed by atoms with van der Waals surface area (Å²) in [6.07, 6.45) is -0.396. The van der Waals surface area contributed by atoms with Gasteiger partial charge in [0, 0.05) is 11.1 Å². The van der Waals surface area contributed by atoms with Crippen molar-refractivity contribution in [3.8, 4) is 22.3 Å². The van der Waals surface area contributed by atoms with Gasteiger partial charge in [0.2, 0.25) is 0 Å². The molecule has 0 radical (unpaired) electrons. The lowest BCUT2D eigenvalue weighted by atomic mass is 9.91. The van der Waals surface area contributed by atoms with Crippen LogP contribution < -0.4 is 5.32 Å². The fraction of sp³-hybridized carbons (Fsp3) is 0.0222. The van der Waals surface area contributed by atoms with E-state index in [4.69, 9.17) is 9.98 Å². The molecule has 0 aliphatic carbocycles. The van der Waals surface area contributed by atoms with Crippen molar-refractivity contribution in [2.45, 2.75) is 6.17 Å². The first-order valence-corrected chi connectivity index (χ1v) is 16.2. The molecule has 8 aromatic rings. The molecule has 1 atom stereocenters. The molecule has 1 N–H and O–H groups in total. The molecular weight excluding hydrogens is 583 g/mol. The lowest BCUT2D eigenvalue weighted by Gasteiger charge is -2.22. The van der Waals surface area contributed by atoms with E-state index in [0.29, 0.717) is 0 Å². The highest BCUT2D eigenvalue weighted by atomic mass is 15.2. The molecule has 224 valence electrons. The zero-order valence-corrected chi connectivity index (χ0v) is 26.1. The van der Waals surface area contributed by atoms with Crippen LogP contribution in [0.25, 0.3) is 54.6 Å². The molecule has 0 spiro atoms. The predicted octanol–water partition coefficient (Wildman–Crippen LogP) is 10.6. The number of rotatable bonds is 5. The second-order valence-corrected chi connectivity index (χ2v) is 12.1. The van der Waals surface area contributed by atoms with Gasteiger partial charge in [-0.2, -0.15) is 0 Å². The number of nitrogens with zero attached hydrogens (tertiary/aromatic N) is 2. The highest BCUT2D eigenvalue weighted by molar-refractivity contribution is 6.25. The summed E-state index contributed by atoms with van der Waals surface area (Å²) in [5.74, 6) is 1.56. The predicted molar refractivity (Wildman–Crippen MR) is 199 cm³/mol. The molecule has 0 saturated carbocycles. The van der Waals surface area contributed by atoms with Gasteiger partial charge < -0.3 is 5.32 Å². The van der Waals surface area contributed by atoms with Gasteiger partial charge in [-0.25, -0.2) is 9.98 Å². The van der Waals surface area contributed by atoms with E-state index >= 15 is 0 Å². The third-order valence-electron chi connectivity index (χ3n) is 9.18. The number of hydrogen-bond donors (Lipinski definition) is 1. The third kappa shape index (κ3) is 4.97. The highest BCUT2D eigenvalue weighted by Crippen LogP contribution is 2.38. The second kappa shape index (κ2) is 11.7. The summed E-state index contributed by atoms with van der Waals surface area (Å²) in [5, 5.41) is 11.2. The molecule has 1 unspecified atom stereocenters. The summed E-state index contributed by atoms with van der Waals surface area (Å²) in [6.45, 7) is 0. The third-order valence-corrected chi connectivity index (χ3v) is 9.18. The quantitative estimate of drug-likeness (QED) is 0.193. The minimum Gasteiger partial charge on any atom is -0.324 e. The van der Waals surface area contributed by atoms with Crippen molar-refractivity contribution in [1.29, 1.82) is 0 Å². The average Bonchev–Trinajstić information content (AvgIpc) is 3.18. The van der Waals surface area contributed by atoms with Crippen molar-refractivity contribution in [2.24, 2.45) is 9.98 Å². The SMILES string of the molecule is c1ccc(C2=NC(c3cccc(-c4cccc(-c5ccc6c7ccccc7c7ccccc7c6c5)c4)c3)N=C(c3ccccc3)N2)cc#1. The van der Waals surface area contributed by atoms with E-state index in [1.54, 1.807) is 0 Å². The topological polar surface area (TPSA) is 36.8 Å². The first-order chi connectivity index (χ1) is 23.8. The molecule has 1 heterocycles. The van der Waals surface area contributed by atoms with Crippen LogP contribution in [0.3, 0.4) is 0 Å². The van der Waals surface area contributed by atoms with Gasteiger partial charge >= 0.3 is 0 Å². The summed E-state index contributed by atoms with van der Waals surface area (Å²) in [6, 6.07) is 63.7. The van der Waals surface area contributed by atoms with Gasteiger partial charge in [-0.05, 0) is 96.5 Å². The van der Waals surface area contributed by atoms with Gasteiger partial charge in [0.25, 0.3) is 0 Å². The summed E-state index contributed by atoms with van der Waals surface area (Å²) < 4.78 is 0. The molecule has 0 amide bonds. The van der Waals surface area contributed by atoms with Crippen LogP contribution in [0.5, 0.6) is 0 Å². The number of hydrogen-bond acceptors (Lipinski definition) is 3. The van der Waals surface area contributed by atoms with Crippen LogP contribution in [0.2, 0.25) is 0 Å². The number of aliphatic imine (C=N–C) groups is 2. The van der Waals surface area contributed by atoms with Gasteiger partial charge in [-0.15, -0.1) is 0 Å².